The lowest BCUT2D eigenvalue weighted by Crippen LogP contribution is -2.26. The highest BCUT2D eigenvalue weighted by Gasteiger charge is 2.27. The fourth-order valence-electron chi connectivity index (χ4n) is 2.83. The van der Waals surface area contributed by atoms with Crippen molar-refractivity contribution in [2.24, 2.45) is 5.92 Å². The van der Waals surface area contributed by atoms with Crippen molar-refractivity contribution in [2.75, 3.05) is 23.7 Å². The number of aromatic nitrogens is 2. The number of rotatable bonds is 3. The molecule has 0 aromatic carbocycles. The van der Waals surface area contributed by atoms with Gasteiger partial charge in [-0.2, -0.15) is 0 Å². The summed E-state index contributed by atoms with van der Waals surface area (Å²) in [6.45, 7) is 12.9. The second kappa shape index (κ2) is 5.58. The molecule has 1 saturated heterocycles. The molecule has 112 valence electrons. The van der Waals surface area contributed by atoms with Gasteiger partial charge in [0.2, 0.25) is 0 Å². The number of hydrogen-bond acceptors (Lipinski definition) is 4. The van der Waals surface area contributed by atoms with Gasteiger partial charge in [-0.15, -0.1) is 0 Å². The van der Waals surface area contributed by atoms with Crippen molar-refractivity contribution in [3.63, 3.8) is 0 Å². The summed E-state index contributed by atoms with van der Waals surface area (Å²) >= 11 is 0. The van der Waals surface area contributed by atoms with Crippen LogP contribution in [0, 0.1) is 12.8 Å². The molecule has 1 aromatic rings. The normalized spacial score (nSPS) is 19.6. The Morgan fingerprint density at radius 2 is 2.00 bits per heavy atom. The molecular formula is C16H28N4. The highest BCUT2D eigenvalue weighted by atomic mass is 15.2. The first kappa shape index (κ1) is 15.1. The summed E-state index contributed by atoms with van der Waals surface area (Å²) in [5, 5.41) is 0. The maximum atomic E-state index is 6.10. The van der Waals surface area contributed by atoms with Crippen LogP contribution in [0.15, 0.2) is 0 Å². The van der Waals surface area contributed by atoms with Gasteiger partial charge in [-0.05, 0) is 25.7 Å². The molecule has 0 saturated carbocycles. The standard InChI is InChI=1S/C16H28N4/c1-6-7-12-8-9-20(10-12)14-11(2)13(17)18-15(19-14)16(3,4)5/h12H,6-10H2,1-5H3,(H2,17,18,19). The van der Waals surface area contributed by atoms with Gasteiger partial charge in [0.1, 0.15) is 17.5 Å². The Balaban J connectivity index is 2.30. The molecular weight excluding hydrogens is 248 g/mol. The zero-order chi connectivity index (χ0) is 14.9. The van der Waals surface area contributed by atoms with Gasteiger partial charge in [0.25, 0.3) is 0 Å². The third-order valence-electron chi connectivity index (χ3n) is 4.11. The molecule has 0 spiro atoms. The van der Waals surface area contributed by atoms with Crippen molar-refractivity contribution in [3.8, 4) is 0 Å². The third-order valence-corrected chi connectivity index (χ3v) is 4.11. The van der Waals surface area contributed by atoms with Crippen LogP contribution in [-0.4, -0.2) is 23.1 Å². The van der Waals surface area contributed by atoms with E-state index >= 15 is 0 Å². The van der Waals surface area contributed by atoms with Crippen LogP contribution in [-0.2, 0) is 5.41 Å². The van der Waals surface area contributed by atoms with E-state index < -0.39 is 0 Å². The lowest BCUT2D eigenvalue weighted by molar-refractivity contribution is 0.528. The van der Waals surface area contributed by atoms with Gasteiger partial charge in [-0.3, -0.25) is 0 Å². The Morgan fingerprint density at radius 3 is 2.60 bits per heavy atom. The minimum atomic E-state index is -0.0703. The number of hydrogen-bond donors (Lipinski definition) is 1. The monoisotopic (exact) mass is 276 g/mol. The van der Waals surface area contributed by atoms with E-state index in [9.17, 15) is 0 Å². The summed E-state index contributed by atoms with van der Waals surface area (Å²) in [7, 11) is 0. The quantitative estimate of drug-likeness (QED) is 0.920. The first-order chi connectivity index (χ1) is 9.32. The van der Waals surface area contributed by atoms with Gasteiger partial charge in [0.05, 0.1) is 0 Å². The van der Waals surface area contributed by atoms with Crippen LogP contribution in [0.2, 0.25) is 0 Å². The lowest BCUT2D eigenvalue weighted by atomic mass is 9.95. The fourth-order valence-corrected chi connectivity index (χ4v) is 2.83. The molecule has 20 heavy (non-hydrogen) atoms. The van der Waals surface area contributed by atoms with Gasteiger partial charge < -0.3 is 10.6 Å². The van der Waals surface area contributed by atoms with Gasteiger partial charge >= 0.3 is 0 Å². The summed E-state index contributed by atoms with van der Waals surface area (Å²) < 4.78 is 0. The van der Waals surface area contributed by atoms with E-state index in [4.69, 9.17) is 10.7 Å². The number of nitrogen functional groups attached to an aromatic ring is 1. The van der Waals surface area contributed by atoms with Crippen molar-refractivity contribution in [1.82, 2.24) is 9.97 Å². The van der Waals surface area contributed by atoms with Crippen LogP contribution in [0.1, 0.15) is 58.3 Å². The summed E-state index contributed by atoms with van der Waals surface area (Å²) in [4.78, 5) is 11.7. The van der Waals surface area contributed by atoms with Gasteiger partial charge in [-0.1, -0.05) is 34.1 Å². The number of anilines is 2. The zero-order valence-corrected chi connectivity index (χ0v) is 13.5. The van der Waals surface area contributed by atoms with E-state index in [2.05, 4.69) is 37.6 Å². The Bertz CT molecular complexity index is 476. The lowest BCUT2D eigenvalue weighted by Gasteiger charge is -2.24. The summed E-state index contributed by atoms with van der Waals surface area (Å²) in [6.07, 6.45) is 3.83. The highest BCUT2D eigenvalue weighted by Crippen LogP contribution is 2.31. The summed E-state index contributed by atoms with van der Waals surface area (Å²) in [5.74, 6) is 3.31. The molecule has 2 heterocycles. The maximum Gasteiger partial charge on any atom is 0.138 e. The molecule has 1 aromatic heterocycles. The second-order valence-electron chi connectivity index (χ2n) is 7.02. The molecule has 1 unspecified atom stereocenters. The number of nitrogens with zero attached hydrogens (tertiary/aromatic N) is 3. The predicted molar refractivity (Wildman–Crippen MR) is 85.1 cm³/mol. The van der Waals surface area contributed by atoms with E-state index in [-0.39, 0.29) is 5.41 Å². The van der Waals surface area contributed by atoms with E-state index in [1.54, 1.807) is 0 Å². The predicted octanol–water partition coefficient (Wildman–Crippen LogP) is 3.29. The van der Waals surface area contributed by atoms with E-state index in [0.717, 1.165) is 36.2 Å². The largest absolute Gasteiger partial charge is 0.383 e. The molecule has 4 heteroatoms. The smallest absolute Gasteiger partial charge is 0.138 e. The second-order valence-corrected chi connectivity index (χ2v) is 7.02. The van der Waals surface area contributed by atoms with Crippen LogP contribution in [0.4, 0.5) is 11.6 Å². The third kappa shape index (κ3) is 3.05. The van der Waals surface area contributed by atoms with Crippen LogP contribution in [0.25, 0.3) is 0 Å². The van der Waals surface area contributed by atoms with Gasteiger partial charge in [0, 0.05) is 24.1 Å². The molecule has 4 nitrogen and oxygen atoms in total. The number of nitrogens with two attached hydrogens (primary N) is 1. The molecule has 0 aliphatic carbocycles. The van der Waals surface area contributed by atoms with Crippen LogP contribution >= 0.6 is 0 Å². The van der Waals surface area contributed by atoms with E-state index in [1.807, 2.05) is 6.92 Å². The molecule has 1 fully saturated rings. The average Bonchev–Trinajstić information content (AvgIpc) is 2.80. The van der Waals surface area contributed by atoms with Crippen molar-refractivity contribution < 1.29 is 0 Å². The minimum absolute atomic E-state index is 0.0703. The van der Waals surface area contributed by atoms with Gasteiger partial charge in [-0.25, -0.2) is 9.97 Å². The van der Waals surface area contributed by atoms with E-state index in [1.165, 1.54) is 19.3 Å². The molecule has 0 bridgehead atoms. The highest BCUT2D eigenvalue weighted by molar-refractivity contribution is 5.57. The Labute approximate surface area is 122 Å². The molecule has 0 radical (unpaired) electrons. The molecule has 1 aliphatic rings. The molecule has 1 atom stereocenters. The van der Waals surface area contributed by atoms with E-state index in [0.29, 0.717) is 5.82 Å². The first-order valence-electron chi connectivity index (χ1n) is 7.72. The molecule has 2 rings (SSSR count). The summed E-state index contributed by atoms with van der Waals surface area (Å²) in [5.41, 5.74) is 7.05. The van der Waals surface area contributed by atoms with Crippen molar-refractivity contribution in [1.29, 1.82) is 0 Å². The Kier molecular flexibility index (Phi) is 4.21. The average molecular weight is 276 g/mol. The zero-order valence-electron chi connectivity index (χ0n) is 13.5. The molecule has 0 amide bonds. The van der Waals surface area contributed by atoms with Crippen LogP contribution in [0.5, 0.6) is 0 Å². The first-order valence-corrected chi connectivity index (χ1v) is 7.72. The molecule has 2 N–H and O–H groups in total. The van der Waals surface area contributed by atoms with Crippen LogP contribution < -0.4 is 10.6 Å². The SMILES string of the molecule is CCCC1CCN(c2nc(C(C)(C)C)nc(N)c2C)C1. The fraction of sp³-hybridized carbons (Fsp3) is 0.750. The summed E-state index contributed by atoms with van der Waals surface area (Å²) in [6, 6.07) is 0. The van der Waals surface area contributed by atoms with Crippen molar-refractivity contribution in [3.05, 3.63) is 11.4 Å². The van der Waals surface area contributed by atoms with Gasteiger partial charge in [0.15, 0.2) is 0 Å². The van der Waals surface area contributed by atoms with Crippen molar-refractivity contribution in [2.45, 2.75) is 59.3 Å². The molecule has 1 aliphatic heterocycles. The van der Waals surface area contributed by atoms with Crippen molar-refractivity contribution >= 4 is 11.6 Å². The topological polar surface area (TPSA) is 55.0 Å². The Hall–Kier alpha value is -1.32. The Morgan fingerprint density at radius 1 is 1.30 bits per heavy atom. The maximum absolute atomic E-state index is 6.10. The minimum Gasteiger partial charge on any atom is -0.383 e. The van der Waals surface area contributed by atoms with Crippen LogP contribution in [0.3, 0.4) is 0 Å².